The van der Waals surface area contributed by atoms with Gasteiger partial charge in [-0.05, 0) is 5.56 Å². The zero-order valence-corrected chi connectivity index (χ0v) is 14.0. The van der Waals surface area contributed by atoms with Crippen molar-refractivity contribution in [2.75, 3.05) is 10.6 Å². The Morgan fingerprint density at radius 3 is 2.70 bits per heavy atom. The van der Waals surface area contributed by atoms with Gasteiger partial charge < -0.3 is 5.32 Å². The molecule has 1 aromatic heterocycles. The number of rotatable bonds is 2. The number of carbonyl (C=O) groups is 1. The number of hydrogen-bond acceptors (Lipinski definition) is 4. The predicted molar refractivity (Wildman–Crippen MR) is 90.9 cm³/mol. The Morgan fingerprint density at radius 1 is 1.35 bits per heavy atom. The summed E-state index contributed by atoms with van der Waals surface area (Å²) in [5.74, 6) is -0.297. The van der Waals surface area contributed by atoms with Crippen LogP contribution in [0.15, 0.2) is 42.6 Å². The van der Waals surface area contributed by atoms with E-state index in [1.54, 1.807) is 4.68 Å². The van der Waals surface area contributed by atoms with E-state index in [-0.39, 0.29) is 12.0 Å². The largest absolute Gasteiger partial charge is 0.329 e. The van der Waals surface area contributed by atoms with Crippen LogP contribution in [0.5, 0.6) is 0 Å². The molecule has 1 amide bonds. The van der Waals surface area contributed by atoms with Crippen LogP contribution in [-0.2, 0) is 4.79 Å². The van der Waals surface area contributed by atoms with Gasteiger partial charge in [0, 0.05) is 12.1 Å². The highest BCUT2D eigenvalue weighted by atomic mass is 35.6. The van der Waals surface area contributed by atoms with Gasteiger partial charge in [-0.2, -0.15) is 4.98 Å². The van der Waals surface area contributed by atoms with Crippen molar-refractivity contribution < 1.29 is 4.79 Å². The maximum atomic E-state index is 11.7. The minimum absolute atomic E-state index is 0.0551. The minimum atomic E-state index is -2.08. The number of fused-ring (bicyclic) bond motifs is 1. The van der Waals surface area contributed by atoms with Crippen molar-refractivity contribution in [2.45, 2.75) is 16.3 Å². The standard InChI is InChI=1S/C14H12Cl3N5O/c1-8-7-10(9-5-3-2-4-6-9)22-13(18-8)20-12(21-22)19-11(23)14(15,16)17/h2-6,10H,1,7H2,(H2,18,19,20,21,23)/t10-/m0/s1. The SMILES string of the molecule is C=C1C[C@@H](c2ccccc2)n2nc(NC(=O)C(Cl)(Cl)Cl)nc2N1. The molecule has 2 N–H and O–H groups in total. The molecular formula is C14H12Cl3N5O. The average Bonchev–Trinajstić information content (AvgIpc) is 2.88. The molecule has 1 atom stereocenters. The second-order valence-corrected chi connectivity index (χ2v) is 7.30. The fourth-order valence-electron chi connectivity index (χ4n) is 2.31. The van der Waals surface area contributed by atoms with Gasteiger partial charge in [0.25, 0.3) is 15.6 Å². The molecule has 23 heavy (non-hydrogen) atoms. The molecule has 120 valence electrons. The van der Waals surface area contributed by atoms with E-state index >= 15 is 0 Å². The third-order valence-corrected chi connectivity index (χ3v) is 3.84. The first-order valence-electron chi connectivity index (χ1n) is 6.69. The van der Waals surface area contributed by atoms with Crippen LogP contribution < -0.4 is 10.6 Å². The minimum Gasteiger partial charge on any atom is -0.329 e. The van der Waals surface area contributed by atoms with E-state index in [9.17, 15) is 4.79 Å². The summed E-state index contributed by atoms with van der Waals surface area (Å²) in [6.07, 6.45) is 0.651. The zero-order chi connectivity index (χ0) is 16.6. The number of nitrogens with one attached hydrogen (secondary N) is 2. The second kappa shape index (κ2) is 6.03. The Morgan fingerprint density at radius 2 is 2.04 bits per heavy atom. The third-order valence-electron chi connectivity index (χ3n) is 3.32. The number of alkyl halides is 3. The van der Waals surface area contributed by atoms with Crippen molar-refractivity contribution in [1.29, 1.82) is 0 Å². The molecule has 0 spiro atoms. The second-order valence-electron chi connectivity index (χ2n) is 5.01. The van der Waals surface area contributed by atoms with Gasteiger partial charge >= 0.3 is 0 Å². The number of aromatic nitrogens is 3. The van der Waals surface area contributed by atoms with Crippen LogP contribution in [0.25, 0.3) is 0 Å². The van der Waals surface area contributed by atoms with E-state index in [0.717, 1.165) is 11.3 Å². The predicted octanol–water partition coefficient (Wildman–Crippen LogP) is 3.51. The third kappa shape index (κ3) is 3.44. The highest BCUT2D eigenvalue weighted by Crippen LogP contribution is 2.33. The summed E-state index contributed by atoms with van der Waals surface area (Å²) >= 11 is 16.6. The van der Waals surface area contributed by atoms with Crippen LogP contribution in [-0.4, -0.2) is 24.5 Å². The normalized spacial score (nSPS) is 17.3. The molecule has 0 saturated carbocycles. The molecule has 0 unspecified atom stereocenters. The lowest BCUT2D eigenvalue weighted by Crippen LogP contribution is -2.27. The van der Waals surface area contributed by atoms with Crippen LogP contribution in [0, 0.1) is 0 Å². The Labute approximate surface area is 147 Å². The van der Waals surface area contributed by atoms with Gasteiger partial charge in [0.2, 0.25) is 5.95 Å². The van der Waals surface area contributed by atoms with Crippen molar-refractivity contribution in [1.82, 2.24) is 14.8 Å². The summed E-state index contributed by atoms with van der Waals surface area (Å²) < 4.78 is -0.403. The number of carbonyl (C=O) groups excluding carboxylic acids is 1. The van der Waals surface area contributed by atoms with Crippen molar-refractivity contribution in [3.05, 3.63) is 48.2 Å². The van der Waals surface area contributed by atoms with Gasteiger partial charge in [-0.15, -0.1) is 5.10 Å². The van der Waals surface area contributed by atoms with Crippen LogP contribution in [0.2, 0.25) is 0 Å². The Balaban J connectivity index is 1.93. The first kappa shape index (κ1) is 16.1. The average molecular weight is 373 g/mol. The Bertz CT molecular complexity index is 754. The lowest BCUT2D eigenvalue weighted by atomic mass is 10.0. The lowest BCUT2D eigenvalue weighted by Gasteiger charge is -2.26. The first-order valence-corrected chi connectivity index (χ1v) is 7.82. The molecule has 0 radical (unpaired) electrons. The number of benzene rings is 1. The highest BCUT2D eigenvalue weighted by molar-refractivity contribution is 6.76. The summed E-state index contributed by atoms with van der Waals surface area (Å²) in [4.78, 5) is 15.9. The van der Waals surface area contributed by atoms with Gasteiger partial charge in [-0.1, -0.05) is 71.7 Å². The van der Waals surface area contributed by atoms with Gasteiger partial charge in [0.15, 0.2) is 0 Å². The molecule has 1 aliphatic rings. The Hall–Kier alpha value is -1.76. The van der Waals surface area contributed by atoms with Crippen molar-refractivity contribution in [2.24, 2.45) is 0 Å². The molecule has 3 rings (SSSR count). The molecule has 0 saturated heterocycles. The summed E-state index contributed by atoms with van der Waals surface area (Å²) in [5, 5.41) is 9.71. The van der Waals surface area contributed by atoms with Crippen molar-refractivity contribution in [3.8, 4) is 0 Å². The summed E-state index contributed by atoms with van der Waals surface area (Å²) in [6, 6.07) is 9.74. The first-order chi connectivity index (χ1) is 10.8. The lowest BCUT2D eigenvalue weighted by molar-refractivity contribution is -0.115. The molecular weight excluding hydrogens is 361 g/mol. The molecule has 0 fully saturated rings. The summed E-state index contributed by atoms with van der Waals surface area (Å²) in [5.41, 5.74) is 1.86. The fraction of sp³-hybridized carbons (Fsp3) is 0.214. The van der Waals surface area contributed by atoms with Gasteiger partial charge in [0.1, 0.15) is 0 Å². The molecule has 1 aliphatic heterocycles. The quantitative estimate of drug-likeness (QED) is 0.791. The maximum Gasteiger partial charge on any atom is 0.278 e. The van der Waals surface area contributed by atoms with E-state index in [4.69, 9.17) is 34.8 Å². The van der Waals surface area contributed by atoms with Crippen molar-refractivity contribution >= 4 is 52.6 Å². The molecule has 2 aromatic rings. The topological polar surface area (TPSA) is 71.8 Å². The van der Waals surface area contributed by atoms with E-state index < -0.39 is 9.70 Å². The maximum absolute atomic E-state index is 11.7. The van der Waals surface area contributed by atoms with E-state index in [1.807, 2.05) is 30.3 Å². The van der Waals surface area contributed by atoms with Gasteiger partial charge in [-0.25, -0.2) is 4.68 Å². The van der Waals surface area contributed by atoms with Crippen LogP contribution in [0.3, 0.4) is 0 Å². The van der Waals surface area contributed by atoms with E-state index in [1.165, 1.54) is 0 Å². The molecule has 6 nitrogen and oxygen atoms in total. The smallest absolute Gasteiger partial charge is 0.278 e. The fourth-order valence-corrected chi connectivity index (χ4v) is 2.46. The summed E-state index contributed by atoms with van der Waals surface area (Å²) in [7, 11) is 0. The molecule has 0 aliphatic carbocycles. The van der Waals surface area contributed by atoms with E-state index in [2.05, 4.69) is 27.3 Å². The number of allylic oxidation sites excluding steroid dienone is 1. The van der Waals surface area contributed by atoms with E-state index in [0.29, 0.717) is 12.4 Å². The Kier molecular flexibility index (Phi) is 4.23. The number of halogens is 3. The van der Waals surface area contributed by atoms with Gasteiger partial charge in [0.05, 0.1) is 6.04 Å². The number of nitrogens with zero attached hydrogens (tertiary/aromatic N) is 3. The zero-order valence-electron chi connectivity index (χ0n) is 11.8. The van der Waals surface area contributed by atoms with Crippen LogP contribution in [0.4, 0.5) is 11.9 Å². The van der Waals surface area contributed by atoms with Crippen LogP contribution >= 0.6 is 34.8 Å². The molecule has 9 heteroatoms. The van der Waals surface area contributed by atoms with Crippen LogP contribution in [0.1, 0.15) is 18.0 Å². The monoisotopic (exact) mass is 371 g/mol. The number of amides is 1. The highest BCUT2D eigenvalue weighted by Gasteiger charge is 2.33. The molecule has 2 heterocycles. The molecule has 0 bridgehead atoms. The number of anilines is 2. The van der Waals surface area contributed by atoms with Gasteiger partial charge in [-0.3, -0.25) is 10.1 Å². The number of hydrogen-bond donors (Lipinski definition) is 2. The summed E-state index contributed by atoms with van der Waals surface area (Å²) in [6.45, 7) is 3.96. The molecule has 1 aromatic carbocycles. The van der Waals surface area contributed by atoms with Crippen molar-refractivity contribution in [3.63, 3.8) is 0 Å².